The summed E-state index contributed by atoms with van der Waals surface area (Å²) in [7, 11) is -3.76. The highest BCUT2D eigenvalue weighted by Crippen LogP contribution is 2.18. The Labute approximate surface area is 138 Å². The Morgan fingerprint density at radius 1 is 1.04 bits per heavy atom. The number of benzene rings is 2. The molecular formula is C16H14N4O3S. The van der Waals surface area contributed by atoms with Crippen molar-refractivity contribution in [2.45, 2.75) is 11.4 Å². The van der Waals surface area contributed by atoms with Crippen molar-refractivity contribution in [2.24, 2.45) is 5.14 Å². The molecule has 0 unspecified atom stereocenters. The molecule has 0 atom stereocenters. The molecule has 8 heteroatoms. The third-order valence-corrected chi connectivity index (χ3v) is 4.38. The number of aromatic nitrogens is 2. The van der Waals surface area contributed by atoms with Crippen LogP contribution in [0.25, 0.3) is 11.0 Å². The minimum Gasteiger partial charge on any atom is -0.309 e. The smallest absolute Gasteiger partial charge is 0.238 e. The summed E-state index contributed by atoms with van der Waals surface area (Å²) in [5.41, 5.74) is 2.67. The number of nitrogens with zero attached hydrogens (tertiary/aromatic N) is 3. The maximum Gasteiger partial charge on any atom is 0.238 e. The Bertz CT molecular complexity index is 988. The van der Waals surface area contributed by atoms with Gasteiger partial charge in [0.2, 0.25) is 16.4 Å². The van der Waals surface area contributed by atoms with E-state index < -0.39 is 10.0 Å². The lowest BCUT2D eigenvalue weighted by Crippen LogP contribution is -2.21. The molecule has 0 saturated carbocycles. The van der Waals surface area contributed by atoms with Crippen LogP contribution < -0.4 is 10.0 Å². The zero-order chi connectivity index (χ0) is 17.2. The Morgan fingerprint density at radius 3 is 2.33 bits per heavy atom. The first-order valence-electron chi connectivity index (χ1n) is 7.03. The van der Waals surface area contributed by atoms with E-state index in [1.165, 1.54) is 29.2 Å². The van der Waals surface area contributed by atoms with Crippen LogP contribution in [0.3, 0.4) is 0 Å². The number of hydrogen-bond donors (Lipinski definition) is 1. The SMILES string of the molecule is NS(=O)(=O)c1ccc(N(C=O)Cc2cnc3ccccc3n2)cc1. The first-order chi connectivity index (χ1) is 11.5. The van der Waals surface area contributed by atoms with Gasteiger partial charge in [-0.25, -0.2) is 18.5 Å². The van der Waals surface area contributed by atoms with Gasteiger partial charge in [-0.2, -0.15) is 0 Å². The number of primary sulfonamides is 1. The first-order valence-corrected chi connectivity index (χ1v) is 8.57. The highest BCUT2D eigenvalue weighted by molar-refractivity contribution is 7.89. The van der Waals surface area contributed by atoms with E-state index in [2.05, 4.69) is 9.97 Å². The van der Waals surface area contributed by atoms with Crippen molar-refractivity contribution in [3.05, 3.63) is 60.4 Å². The van der Waals surface area contributed by atoms with Gasteiger partial charge in [-0.05, 0) is 36.4 Å². The lowest BCUT2D eigenvalue weighted by atomic mass is 10.2. The Morgan fingerprint density at radius 2 is 1.71 bits per heavy atom. The third kappa shape index (κ3) is 3.39. The second-order valence-electron chi connectivity index (χ2n) is 5.12. The highest BCUT2D eigenvalue weighted by Gasteiger charge is 2.11. The number of para-hydroxylation sites is 2. The largest absolute Gasteiger partial charge is 0.309 e. The topological polar surface area (TPSA) is 106 Å². The van der Waals surface area contributed by atoms with Crippen LogP contribution in [0, 0.1) is 0 Å². The van der Waals surface area contributed by atoms with Crippen LogP contribution in [-0.2, 0) is 21.4 Å². The second kappa shape index (κ2) is 6.34. The van der Waals surface area contributed by atoms with Crippen molar-refractivity contribution in [2.75, 3.05) is 4.90 Å². The van der Waals surface area contributed by atoms with Crippen LogP contribution in [0.5, 0.6) is 0 Å². The van der Waals surface area contributed by atoms with Crippen molar-refractivity contribution in [3.8, 4) is 0 Å². The predicted molar refractivity (Wildman–Crippen MR) is 89.6 cm³/mol. The Balaban J connectivity index is 1.86. The van der Waals surface area contributed by atoms with Gasteiger partial charge in [0.15, 0.2) is 0 Å². The van der Waals surface area contributed by atoms with E-state index in [1.807, 2.05) is 24.3 Å². The number of anilines is 1. The number of fused-ring (bicyclic) bond motifs is 1. The first kappa shape index (κ1) is 16.0. The Kier molecular flexibility index (Phi) is 4.24. The minimum atomic E-state index is -3.76. The van der Waals surface area contributed by atoms with E-state index in [4.69, 9.17) is 5.14 Å². The van der Waals surface area contributed by atoms with Crippen LogP contribution in [0.1, 0.15) is 5.69 Å². The maximum atomic E-state index is 11.4. The van der Waals surface area contributed by atoms with E-state index in [0.717, 1.165) is 11.0 Å². The number of rotatable bonds is 5. The molecule has 3 rings (SSSR count). The molecule has 0 aliphatic carbocycles. The lowest BCUT2D eigenvalue weighted by Gasteiger charge is -2.17. The molecule has 1 amide bonds. The second-order valence-corrected chi connectivity index (χ2v) is 6.68. The third-order valence-electron chi connectivity index (χ3n) is 3.45. The zero-order valence-electron chi connectivity index (χ0n) is 12.5. The summed E-state index contributed by atoms with van der Waals surface area (Å²) in [4.78, 5) is 21.6. The van der Waals surface area contributed by atoms with Crippen LogP contribution >= 0.6 is 0 Å². The van der Waals surface area contributed by atoms with Gasteiger partial charge in [0.05, 0.1) is 34.4 Å². The molecular weight excluding hydrogens is 328 g/mol. The fourth-order valence-corrected chi connectivity index (χ4v) is 2.78. The van der Waals surface area contributed by atoms with E-state index in [0.29, 0.717) is 17.8 Å². The molecule has 1 aromatic heterocycles. The Hall–Kier alpha value is -2.84. The van der Waals surface area contributed by atoms with E-state index in [1.54, 1.807) is 6.20 Å². The highest BCUT2D eigenvalue weighted by atomic mass is 32.2. The predicted octanol–water partition coefficient (Wildman–Crippen LogP) is 1.44. The van der Waals surface area contributed by atoms with Gasteiger partial charge in [-0.15, -0.1) is 0 Å². The number of amides is 1. The fraction of sp³-hybridized carbons (Fsp3) is 0.0625. The van der Waals surface area contributed by atoms with Gasteiger partial charge in [0.25, 0.3) is 0 Å². The maximum absolute atomic E-state index is 11.4. The summed E-state index contributed by atoms with van der Waals surface area (Å²) in [6.07, 6.45) is 2.26. The van der Waals surface area contributed by atoms with Gasteiger partial charge in [-0.3, -0.25) is 9.78 Å². The van der Waals surface area contributed by atoms with Crippen LogP contribution in [-0.4, -0.2) is 24.8 Å². The van der Waals surface area contributed by atoms with Gasteiger partial charge in [-0.1, -0.05) is 12.1 Å². The van der Waals surface area contributed by atoms with Gasteiger partial charge < -0.3 is 4.90 Å². The van der Waals surface area contributed by atoms with Crippen LogP contribution in [0.4, 0.5) is 5.69 Å². The molecule has 0 spiro atoms. The van der Waals surface area contributed by atoms with E-state index >= 15 is 0 Å². The molecule has 3 aromatic rings. The summed E-state index contributed by atoms with van der Waals surface area (Å²) < 4.78 is 22.6. The van der Waals surface area contributed by atoms with E-state index in [-0.39, 0.29) is 11.4 Å². The number of carbonyl (C=O) groups is 1. The standard InChI is InChI=1S/C16H14N4O3S/c17-24(22,23)14-7-5-13(6-8-14)20(11-21)10-12-9-18-15-3-1-2-4-16(15)19-12/h1-9,11H,10H2,(H2,17,22,23). The zero-order valence-corrected chi connectivity index (χ0v) is 13.3. The van der Waals surface area contributed by atoms with Gasteiger partial charge in [0, 0.05) is 5.69 Å². The molecule has 0 saturated heterocycles. The molecule has 24 heavy (non-hydrogen) atoms. The lowest BCUT2D eigenvalue weighted by molar-refractivity contribution is -0.107. The molecule has 0 radical (unpaired) electrons. The number of nitrogens with two attached hydrogens (primary N) is 1. The molecule has 0 aliphatic rings. The molecule has 0 bridgehead atoms. The summed E-state index contributed by atoms with van der Waals surface area (Å²) in [6.45, 7) is 0.218. The summed E-state index contributed by atoms with van der Waals surface area (Å²) in [5, 5.41) is 5.06. The van der Waals surface area contributed by atoms with Crippen LogP contribution in [0.2, 0.25) is 0 Å². The number of sulfonamides is 1. The average Bonchev–Trinajstić information content (AvgIpc) is 2.59. The molecule has 2 N–H and O–H groups in total. The normalized spacial score (nSPS) is 11.4. The van der Waals surface area contributed by atoms with Crippen molar-refractivity contribution in [3.63, 3.8) is 0 Å². The monoisotopic (exact) mass is 342 g/mol. The molecule has 122 valence electrons. The van der Waals surface area contributed by atoms with Crippen molar-refractivity contribution in [1.82, 2.24) is 9.97 Å². The molecule has 0 aliphatic heterocycles. The van der Waals surface area contributed by atoms with Gasteiger partial charge >= 0.3 is 0 Å². The van der Waals surface area contributed by atoms with E-state index in [9.17, 15) is 13.2 Å². The molecule has 2 aromatic carbocycles. The average molecular weight is 342 g/mol. The van der Waals surface area contributed by atoms with Crippen molar-refractivity contribution < 1.29 is 13.2 Å². The number of carbonyl (C=O) groups excluding carboxylic acids is 1. The number of hydrogen-bond acceptors (Lipinski definition) is 5. The minimum absolute atomic E-state index is 0.0115. The van der Waals surface area contributed by atoms with Crippen molar-refractivity contribution >= 4 is 33.2 Å². The van der Waals surface area contributed by atoms with Gasteiger partial charge in [0.1, 0.15) is 0 Å². The summed E-state index contributed by atoms with van der Waals surface area (Å²) in [6, 6.07) is 13.2. The van der Waals surface area contributed by atoms with Crippen molar-refractivity contribution in [1.29, 1.82) is 0 Å². The fourth-order valence-electron chi connectivity index (χ4n) is 2.26. The molecule has 1 heterocycles. The quantitative estimate of drug-likeness (QED) is 0.706. The molecule has 7 nitrogen and oxygen atoms in total. The van der Waals surface area contributed by atoms with Crippen LogP contribution in [0.15, 0.2) is 59.6 Å². The summed E-state index contributed by atoms with van der Waals surface area (Å²) >= 11 is 0. The molecule has 0 fully saturated rings. The summed E-state index contributed by atoms with van der Waals surface area (Å²) in [5.74, 6) is 0.